The molecule has 0 aliphatic heterocycles. The van der Waals surface area contributed by atoms with E-state index in [4.69, 9.17) is 21.1 Å². The average Bonchev–Trinajstić information content (AvgIpc) is 3.06. The molecule has 2 aromatic rings. The zero-order chi connectivity index (χ0) is 24.0. The van der Waals surface area contributed by atoms with Gasteiger partial charge in [-0.3, -0.25) is 9.59 Å². The van der Waals surface area contributed by atoms with Crippen LogP contribution in [0.2, 0.25) is 5.02 Å². The highest BCUT2D eigenvalue weighted by molar-refractivity contribution is 7.18. The molecule has 1 heterocycles. The van der Waals surface area contributed by atoms with Gasteiger partial charge < -0.3 is 19.7 Å². The van der Waals surface area contributed by atoms with Crippen LogP contribution in [-0.4, -0.2) is 48.5 Å². The predicted molar refractivity (Wildman–Crippen MR) is 127 cm³/mol. The second-order valence-corrected chi connectivity index (χ2v) is 8.57. The molecule has 2 amide bonds. The maximum Gasteiger partial charge on any atom is 0.341 e. The van der Waals surface area contributed by atoms with Gasteiger partial charge in [0.15, 0.2) is 6.10 Å². The van der Waals surface area contributed by atoms with Gasteiger partial charge in [-0.15, -0.1) is 11.3 Å². The average molecular weight is 481 g/mol. The first kappa shape index (κ1) is 25.7. The minimum absolute atomic E-state index is 0.177. The highest BCUT2D eigenvalue weighted by Gasteiger charge is 2.29. The quantitative estimate of drug-likeness (QED) is 0.505. The molecule has 1 N–H and O–H groups in total. The number of ether oxygens (including phenoxy) is 2. The normalized spacial score (nSPS) is 11.6. The molecule has 0 aliphatic rings. The van der Waals surface area contributed by atoms with Crippen LogP contribution in [0.25, 0.3) is 0 Å². The summed E-state index contributed by atoms with van der Waals surface area (Å²) in [6.45, 7) is 11.8. The lowest BCUT2D eigenvalue weighted by Crippen LogP contribution is -2.30. The van der Waals surface area contributed by atoms with E-state index < -0.39 is 18.0 Å². The molecule has 1 aromatic carbocycles. The molecule has 1 aromatic heterocycles. The molecule has 0 saturated heterocycles. The fourth-order valence-electron chi connectivity index (χ4n) is 3.11. The maximum absolute atomic E-state index is 12.9. The molecule has 0 aliphatic carbocycles. The number of carbonyl (C=O) groups excluding carboxylic acids is 3. The third-order valence-corrected chi connectivity index (χ3v) is 6.35. The Morgan fingerprint density at radius 3 is 2.38 bits per heavy atom. The second kappa shape index (κ2) is 11.3. The van der Waals surface area contributed by atoms with E-state index in [9.17, 15) is 14.4 Å². The van der Waals surface area contributed by atoms with Crippen molar-refractivity contribution in [2.75, 3.05) is 25.0 Å². The van der Waals surface area contributed by atoms with Crippen molar-refractivity contribution >= 4 is 45.7 Å². The third kappa shape index (κ3) is 5.81. The van der Waals surface area contributed by atoms with Crippen molar-refractivity contribution < 1.29 is 23.9 Å². The van der Waals surface area contributed by atoms with Crippen LogP contribution < -0.4 is 10.1 Å². The number of thiophene rings is 1. The zero-order valence-corrected chi connectivity index (χ0v) is 20.8. The van der Waals surface area contributed by atoms with Crippen molar-refractivity contribution in [1.82, 2.24) is 4.90 Å². The van der Waals surface area contributed by atoms with Gasteiger partial charge in [0.2, 0.25) is 0 Å². The molecular formula is C23H29ClN2O5S. The fraction of sp³-hybridized carbons (Fsp3) is 0.435. The number of amides is 2. The summed E-state index contributed by atoms with van der Waals surface area (Å²) in [5, 5.41) is 3.59. The first-order valence-electron chi connectivity index (χ1n) is 10.5. The van der Waals surface area contributed by atoms with E-state index in [0.717, 1.165) is 16.9 Å². The largest absolute Gasteiger partial charge is 0.481 e. The Kier molecular flexibility index (Phi) is 9.09. The summed E-state index contributed by atoms with van der Waals surface area (Å²) < 4.78 is 11.0. The van der Waals surface area contributed by atoms with Gasteiger partial charge in [0, 0.05) is 18.1 Å². The molecule has 174 valence electrons. The summed E-state index contributed by atoms with van der Waals surface area (Å²) in [5.41, 5.74) is 1.47. The molecular weight excluding hydrogens is 452 g/mol. The third-order valence-electron chi connectivity index (χ3n) is 4.92. The minimum atomic E-state index is -0.853. The number of rotatable bonds is 9. The van der Waals surface area contributed by atoms with E-state index in [1.165, 1.54) is 0 Å². The van der Waals surface area contributed by atoms with Crippen molar-refractivity contribution in [3.8, 4) is 5.75 Å². The van der Waals surface area contributed by atoms with Gasteiger partial charge >= 0.3 is 5.97 Å². The Hall–Kier alpha value is -2.58. The monoisotopic (exact) mass is 480 g/mol. The van der Waals surface area contributed by atoms with Crippen molar-refractivity contribution in [3.63, 3.8) is 0 Å². The number of nitrogens with zero attached hydrogens (tertiary/aromatic N) is 1. The Morgan fingerprint density at radius 2 is 1.81 bits per heavy atom. The van der Waals surface area contributed by atoms with E-state index in [-0.39, 0.29) is 23.1 Å². The van der Waals surface area contributed by atoms with Crippen LogP contribution in [0.15, 0.2) is 18.2 Å². The molecule has 0 radical (unpaired) electrons. The van der Waals surface area contributed by atoms with E-state index in [0.29, 0.717) is 34.3 Å². The summed E-state index contributed by atoms with van der Waals surface area (Å²) in [4.78, 5) is 40.5. The molecule has 0 bridgehead atoms. The van der Waals surface area contributed by atoms with Gasteiger partial charge in [-0.1, -0.05) is 11.6 Å². The van der Waals surface area contributed by atoms with Crippen LogP contribution in [0.4, 0.5) is 5.00 Å². The van der Waals surface area contributed by atoms with E-state index in [2.05, 4.69) is 5.32 Å². The zero-order valence-electron chi connectivity index (χ0n) is 19.2. The van der Waals surface area contributed by atoms with Crippen LogP contribution in [0.1, 0.15) is 58.9 Å². The molecule has 0 unspecified atom stereocenters. The first-order chi connectivity index (χ1) is 15.1. The van der Waals surface area contributed by atoms with Crippen molar-refractivity contribution in [3.05, 3.63) is 44.8 Å². The predicted octanol–water partition coefficient (Wildman–Crippen LogP) is 5.08. The number of benzene rings is 1. The van der Waals surface area contributed by atoms with Crippen LogP contribution in [-0.2, 0) is 9.53 Å². The Labute approximate surface area is 197 Å². The topological polar surface area (TPSA) is 84.9 Å². The second-order valence-electron chi connectivity index (χ2n) is 7.12. The molecule has 0 spiro atoms. The molecule has 2 rings (SSSR count). The molecule has 32 heavy (non-hydrogen) atoms. The Balaban J connectivity index is 2.33. The van der Waals surface area contributed by atoms with Crippen LogP contribution >= 0.6 is 22.9 Å². The number of hydrogen-bond donors (Lipinski definition) is 1. The SMILES string of the molecule is CCOC(=O)c1c(NC(=O)[C@@H](C)Oc2ccc(Cl)cc2C)sc(C(=O)N(CC)CC)c1C. The lowest BCUT2D eigenvalue weighted by atomic mass is 10.1. The van der Waals surface area contributed by atoms with E-state index >= 15 is 0 Å². The van der Waals surface area contributed by atoms with Crippen LogP contribution in [0.5, 0.6) is 5.75 Å². The lowest BCUT2D eigenvalue weighted by Gasteiger charge is -2.18. The minimum Gasteiger partial charge on any atom is -0.481 e. The summed E-state index contributed by atoms with van der Waals surface area (Å²) in [6.07, 6.45) is -0.853. The van der Waals surface area contributed by atoms with Gasteiger partial charge in [-0.25, -0.2) is 4.79 Å². The smallest absolute Gasteiger partial charge is 0.341 e. The Morgan fingerprint density at radius 1 is 1.16 bits per heavy atom. The van der Waals surface area contributed by atoms with E-state index in [1.54, 1.807) is 43.9 Å². The van der Waals surface area contributed by atoms with Gasteiger partial charge in [-0.05, 0) is 70.9 Å². The number of halogens is 1. The standard InChI is InChI=1S/C23H29ClN2O5S/c1-7-26(8-2)22(28)19-14(5)18(23(29)30-9-3)21(32-19)25-20(27)15(6)31-17-11-10-16(24)12-13(17)4/h10-12,15H,7-9H2,1-6H3,(H,25,27)/t15-/m1/s1. The van der Waals surface area contributed by atoms with Gasteiger partial charge in [0.05, 0.1) is 17.0 Å². The summed E-state index contributed by atoms with van der Waals surface area (Å²) in [7, 11) is 0. The number of anilines is 1. The van der Waals surface area contributed by atoms with Gasteiger partial charge in [-0.2, -0.15) is 0 Å². The Bertz CT molecular complexity index is 1000. The van der Waals surface area contributed by atoms with Gasteiger partial charge in [0.1, 0.15) is 10.8 Å². The molecule has 7 nitrogen and oxygen atoms in total. The molecule has 1 atom stereocenters. The summed E-state index contributed by atoms with van der Waals surface area (Å²) in [5.74, 6) is -0.697. The van der Waals surface area contributed by atoms with Crippen molar-refractivity contribution in [2.45, 2.75) is 47.6 Å². The molecule has 9 heteroatoms. The number of hydrogen-bond acceptors (Lipinski definition) is 6. The highest BCUT2D eigenvalue weighted by Crippen LogP contribution is 2.35. The maximum atomic E-state index is 12.9. The van der Waals surface area contributed by atoms with Crippen molar-refractivity contribution in [1.29, 1.82) is 0 Å². The van der Waals surface area contributed by atoms with Crippen LogP contribution in [0.3, 0.4) is 0 Å². The van der Waals surface area contributed by atoms with Gasteiger partial charge in [0.25, 0.3) is 11.8 Å². The number of carbonyl (C=O) groups is 3. The number of nitrogens with one attached hydrogen (secondary N) is 1. The number of aryl methyl sites for hydroxylation is 1. The summed E-state index contributed by atoms with van der Waals surface area (Å²) in [6, 6.07) is 5.12. The van der Waals surface area contributed by atoms with Crippen LogP contribution in [0, 0.1) is 13.8 Å². The van der Waals surface area contributed by atoms with E-state index in [1.807, 2.05) is 20.8 Å². The summed E-state index contributed by atoms with van der Waals surface area (Å²) >= 11 is 7.04. The van der Waals surface area contributed by atoms with Crippen molar-refractivity contribution in [2.24, 2.45) is 0 Å². The highest BCUT2D eigenvalue weighted by atomic mass is 35.5. The molecule has 0 fully saturated rings. The first-order valence-corrected chi connectivity index (χ1v) is 11.7. The fourth-order valence-corrected chi connectivity index (χ4v) is 4.50. The lowest BCUT2D eigenvalue weighted by molar-refractivity contribution is -0.122. The number of esters is 1. The molecule has 0 saturated carbocycles.